The summed E-state index contributed by atoms with van der Waals surface area (Å²) in [5.41, 5.74) is 2.16. The Bertz CT molecular complexity index is 1020. The molecule has 10 heteroatoms. The van der Waals surface area contributed by atoms with E-state index in [0.717, 1.165) is 41.9 Å². The third-order valence-corrected chi connectivity index (χ3v) is 7.67. The standard InChI is InChI=1S/C20H26FN5O3S/c1-22-20-15-5-8-23-12-16(15)24-19(25-20)13-6-9-26(10-7-13)30(27,28)18-11-14(21)3-4-17(18)29-2/h3-4,11,13,23H,5-10,12H2,1-2H3,(H,22,24,25). The van der Waals surface area contributed by atoms with E-state index in [0.29, 0.717) is 32.5 Å². The van der Waals surface area contributed by atoms with Crippen molar-refractivity contribution in [2.24, 2.45) is 0 Å². The number of halogens is 1. The van der Waals surface area contributed by atoms with Gasteiger partial charge in [0.2, 0.25) is 10.0 Å². The molecule has 0 saturated carbocycles. The smallest absolute Gasteiger partial charge is 0.246 e. The Morgan fingerprint density at radius 3 is 2.73 bits per heavy atom. The zero-order chi connectivity index (χ0) is 21.3. The number of sulfonamides is 1. The first-order valence-electron chi connectivity index (χ1n) is 10.1. The molecule has 8 nitrogen and oxygen atoms in total. The molecule has 0 unspecified atom stereocenters. The molecule has 30 heavy (non-hydrogen) atoms. The monoisotopic (exact) mass is 435 g/mol. The summed E-state index contributed by atoms with van der Waals surface area (Å²) in [5.74, 6) is 1.21. The van der Waals surface area contributed by atoms with Crippen LogP contribution in [0.15, 0.2) is 23.1 Å². The number of nitrogens with one attached hydrogen (secondary N) is 2. The van der Waals surface area contributed by atoms with Crippen LogP contribution < -0.4 is 15.4 Å². The fourth-order valence-corrected chi connectivity index (χ4v) is 5.75. The zero-order valence-electron chi connectivity index (χ0n) is 17.1. The largest absolute Gasteiger partial charge is 0.495 e. The predicted octanol–water partition coefficient (Wildman–Crippen LogP) is 1.88. The number of hydrogen-bond acceptors (Lipinski definition) is 7. The van der Waals surface area contributed by atoms with Gasteiger partial charge in [-0.25, -0.2) is 22.8 Å². The predicted molar refractivity (Wildman–Crippen MR) is 111 cm³/mol. The van der Waals surface area contributed by atoms with Crippen molar-refractivity contribution in [3.8, 4) is 5.75 Å². The quantitative estimate of drug-likeness (QED) is 0.740. The molecule has 3 heterocycles. The van der Waals surface area contributed by atoms with Gasteiger partial charge >= 0.3 is 0 Å². The van der Waals surface area contributed by atoms with Gasteiger partial charge in [0.1, 0.15) is 28.1 Å². The number of hydrogen-bond donors (Lipinski definition) is 2. The molecule has 1 aromatic heterocycles. The van der Waals surface area contributed by atoms with Crippen LogP contribution in [0.4, 0.5) is 10.2 Å². The van der Waals surface area contributed by atoms with Gasteiger partial charge < -0.3 is 15.4 Å². The van der Waals surface area contributed by atoms with E-state index < -0.39 is 15.8 Å². The number of methoxy groups -OCH3 is 1. The van der Waals surface area contributed by atoms with Crippen molar-refractivity contribution in [1.29, 1.82) is 0 Å². The van der Waals surface area contributed by atoms with E-state index in [9.17, 15) is 12.8 Å². The Morgan fingerprint density at radius 2 is 2.03 bits per heavy atom. The second-order valence-electron chi connectivity index (χ2n) is 7.51. The summed E-state index contributed by atoms with van der Waals surface area (Å²) in [6.45, 7) is 2.26. The minimum absolute atomic E-state index is 0.0742. The molecule has 0 amide bonds. The second kappa shape index (κ2) is 8.44. The zero-order valence-corrected chi connectivity index (χ0v) is 17.9. The van der Waals surface area contributed by atoms with Crippen molar-refractivity contribution in [2.45, 2.75) is 36.6 Å². The molecule has 1 fully saturated rings. The number of ether oxygens (including phenoxy) is 1. The average Bonchev–Trinajstić information content (AvgIpc) is 2.78. The van der Waals surface area contributed by atoms with Crippen LogP contribution in [0.2, 0.25) is 0 Å². The van der Waals surface area contributed by atoms with Crippen molar-refractivity contribution in [3.63, 3.8) is 0 Å². The van der Waals surface area contributed by atoms with Crippen LogP contribution in [-0.2, 0) is 23.0 Å². The highest BCUT2D eigenvalue weighted by Gasteiger charge is 2.33. The molecule has 2 aliphatic rings. The number of aromatic nitrogens is 2. The molecule has 0 aliphatic carbocycles. The van der Waals surface area contributed by atoms with Crippen LogP contribution >= 0.6 is 0 Å². The lowest BCUT2D eigenvalue weighted by Gasteiger charge is -2.31. The van der Waals surface area contributed by atoms with Gasteiger partial charge in [-0.15, -0.1) is 0 Å². The van der Waals surface area contributed by atoms with Crippen molar-refractivity contribution < 1.29 is 17.5 Å². The molecule has 1 aromatic carbocycles. The summed E-state index contributed by atoms with van der Waals surface area (Å²) in [7, 11) is -0.623. The van der Waals surface area contributed by atoms with E-state index >= 15 is 0 Å². The van der Waals surface area contributed by atoms with E-state index in [4.69, 9.17) is 14.7 Å². The average molecular weight is 436 g/mol. The number of nitrogens with zero attached hydrogens (tertiary/aromatic N) is 3. The Hall–Kier alpha value is -2.30. The van der Waals surface area contributed by atoms with Crippen LogP contribution in [-0.4, -0.2) is 56.5 Å². The molecular formula is C20H26FN5O3S. The third kappa shape index (κ3) is 3.86. The molecule has 2 aromatic rings. The highest BCUT2D eigenvalue weighted by molar-refractivity contribution is 7.89. The van der Waals surface area contributed by atoms with Crippen molar-refractivity contribution in [2.75, 3.05) is 39.1 Å². The van der Waals surface area contributed by atoms with Crippen LogP contribution in [0.5, 0.6) is 5.75 Å². The van der Waals surface area contributed by atoms with Crippen molar-refractivity contribution in [1.82, 2.24) is 19.6 Å². The van der Waals surface area contributed by atoms with Crippen LogP contribution in [0.3, 0.4) is 0 Å². The van der Waals surface area contributed by atoms with Gasteiger partial charge in [0, 0.05) is 38.2 Å². The maximum absolute atomic E-state index is 13.7. The first kappa shape index (κ1) is 21.0. The van der Waals surface area contributed by atoms with E-state index in [1.165, 1.54) is 23.5 Å². The number of fused-ring (bicyclic) bond motifs is 1. The second-order valence-corrected chi connectivity index (χ2v) is 9.41. The number of benzene rings is 1. The van der Waals surface area contributed by atoms with Gasteiger partial charge in [-0.05, 0) is 44.0 Å². The summed E-state index contributed by atoms with van der Waals surface area (Å²) in [6, 6.07) is 3.54. The highest BCUT2D eigenvalue weighted by Crippen LogP contribution is 2.33. The molecule has 0 spiro atoms. The summed E-state index contributed by atoms with van der Waals surface area (Å²) in [6.07, 6.45) is 2.09. The molecule has 0 atom stereocenters. The van der Waals surface area contributed by atoms with Gasteiger partial charge in [-0.3, -0.25) is 0 Å². The normalized spacial score (nSPS) is 18.1. The first-order chi connectivity index (χ1) is 14.4. The summed E-state index contributed by atoms with van der Waals surface area (Å²) in [4.78, 5) is 9.36. The molecule has 1 saturated heterocycles. The van der Waals surface area contributed by atoms with Crippen LogP contribution in [0.25, 0.3) is 0 Å². The molecule has 4 rings (SSSR count). The Balaban J connectivity index is 1.54. The number of piperidine rings is 1. The van der Waals surface area contributed by atoms with Crippen LogP contribution in [0, 0.1) is 5.82 Å². The van der Waals surface area contributed by atoms with E-state index in [1.807, 2.05) is 7.05 Å². The topological polar surface area (TPSA) is 96.5 Å². The minimum Gasteiger partial charge on any atom is -0.495 e. The molecular weight excluding hydrogens is 409 g/mol. The maximum atomic E-state index is 13.7. The van der Waals surface area contributed by atoms with E-state index in [1.54, 1.807) is 0 Å². The van der Waals surface area contributed by atoms with E-state index in [-0.39, 0.29) is 16.6 Å². The number of rotatable bonds is 5. The maximum Gasteiger partial charge on any atom is 0.246 e. The lowest BCUT2D eigenvalue weighted by Crippen LogP contribution is -2.38. The van der Waals surface area contributed by atoms with Gasteiger partial charge in [0.15, 0.2) is 0 Å². The summed E-state index contributed by atoms with van der Waals surface area (Å²) < 4.78 is 46.4. The molecule has 2 N–H and O–H groups in total. The van der Waals surface area contributed by atoms with Gasteiger partial charge in [0.25, 0.3) is 0 Å². The lowest BCUT2D eigenvalue weighted by atomic mass is 9.96. The molecule has 0 radical (unpaired) electrons. The molecule has 0 bridgehead atoms. The SMILES string of the molecule is CNc1nc(C2CCN(S(=O)(=O)c3cc(F)ccc3OC)CC2)nc2c1CCNC2. The Morgan fingerprint density at radius 1 is 1.27 bits per heavy atom. The Kier molecular flexibility index (Phi) is 5.90. The summed E-state index contributed by atoms with van der Waals surface area (Å²) >= 11 is 0. The lowest BCUT2D eigenvalue weighted by molar-refractivity contribution is 0.311. The fraction of sp³-hybridized carbons (Fsp3) is 0.500. The Labute approximate surface area is 175 Å². The summed E-state index contributed by atoms with van der Waals surface area (Å²) in [5, 5.41) is 6.51. The van der Waals surface area contributed by atoms with E-state index in [2.05, 4.69) is 10.6 Å². The molecule has 2 aliphatic heterocycles. The minimum atomic E-state index is -3.85. The fourth-order valence-electron chi connectivity index (χ4n) is 4.11. The first-order valence-corrected chi connectivity index (χ1v) is 11.5. The van der Waals surface area contributed by atoms with Crippen LogP contribution in [0.1, 0.15) is 35.8 Å². The highest BCUT2D eigenvalue weighted by atomic mass is 32.2. The van der Waals surface area contributed by atoms with Crippen molar-refractivity contribution >= 4 is 15.8 Å². The third-order valence-electron chi connectivity index (χ3n) is 5.75. The molecule has 162 valence electrons. The van der Waals surface area contributed by atoms with Gasteiger partial charge in [-0.2, -0.15) is 4.31 Å². The van der Waals surface area contributed by atoms with Crippen molar-refractivity contribution in [3.05, 3.63) is 41.1 Å². The van der Waals surface area contributed by atoms with Gasteiger partial charge in [-0.1, -0.05) is 0 Å². The number of anilines is 1. The van der Waals surface area contributed by atoms with Gasteiger partial charge in [0.05, 0.1) is 12.8 Å².